The summed E-state index contributed by atoms with van der Waals surface area (Å²) < 4.78 is 7.85. The Balaban J connectivity index is 1.77. The van der Waals surface area contributed by atoms with Crippen molar-refractivity contribution < 1.29 is 4.74 Å². The average Bonchev–Trinajstić information content (AvgIpc) is 3.07. The van der Waals surface area contributed by atoms with Crippen molar-refractivity contribution in [1.82, 2.24) is 14.9 Å². The van der Waals surface area contributed by atoms with E-state index < -0.39 is 0 Å². The highest BCUT2D eigenvalue weighted by Crippen LogP contribution is 2.32. The summed E-state index contributed by atoms with van der Waals surface area (Å²) in [6.07, 6.45) is 7.91. The molecule has 1 aliphatic carbocycles. The largest absolute Gasteiger partial charge is 0.496 e. The van der Waals surface area contributed by atoms with Crippen LogP contribution in [0.1, 0.15) is 49.4 Å². The summed E-state index contributed by atoms with van der Waals surface area (Å²) in [5.74, 6) is 2.15. The average molecular weight is 366 g/mol. The van der Waals surface area contributed by atoms with Crippen LogP contribution < -0.4 is 4.74 Å². The van der Waals surface area contributed by atoms with Gasteiger partial charge >= 0.3 is 0 Å². The van der Waals surface area contributed by atoms with Crippen LogP contribution in [-0.4, -0.2) is 28.2 Å². The lowest BCUT2D eigenvalue weighted by atomic mass is 9.89. The number of fused-ring (bicyclic) bond motifs is 1. The van der Waals surface area contributed by atoms with E-state index in [4.69, 9.17) is 17.0 Å². The lowest BCUT2D eigenvalue weighted by Crippen LogP contribution is -2.10. The van der Waals surface area contributed by atoms with E-state index in [1.54, 1.807) is 11.8 Å². The molecule has 2 aromatic carbocycles. The first kappa shape index (κ1) is 17.0. The zero-order valence-electron chi connectivity index (χ0n) is 14.8. The zero-order valence-corrected chi connectivity index (χ0v) is 15.6. The molecule has 134 valence electrons. The quantitative estimate of drug-likeness (QED) is 0.520. The Morgan fingerprint density at radius 1 is 1.19 bits per heavy atom. The van der Waals surface area contributed by atoms with Crippen molar-refractivity contribution >= 4 is 29.2 Å². The predicted octanol–water partition coefficient (Wildman–Crippen LogP) is 5.03. The maximum atomic E-state index is 5.55. The molecule has 1 aromatic heterocycles. The van der Waals surface area contributed by atoms with Gasteiger partial charge in [-0.05, 0) is 41.9 Å². The lowest BCUT2D eigenvalue weighted by Gasteiger charge is -2.20. The molecule has 0 unspecified atom stereocenters. The van der Waals surface area contributed by atoms with Gasteiger partial charge in [0, 0.05) is 11.5 Å². The summed E-state index contributed by atoms with van der Waals surface area (Å²) in [7, 11) is 1.68. The summed E-state index contributed by atoms with van der Waals surface area (Å²) in [4.78, 5) is 0. The van der Waals surface area contributed by atoms with Crippen LogP contribution in [0.25, 0.3) is 10.8 Å². The monoisotopic (exact) mass is 366 g/mol. The van der Waals surface area contributed by atoms with Gasteiger partial charge in [-0.2, -0.15) is 14.9 Å². The zero-order chi connectivity index (χ0) is 17.9. The van der Waals surface area contributed by atoms with Gasteiger partial charge in [-0.1, -0.05) is 49.6 Å². The van der Waals surface area contributed by atoms with Gasteiger partial charge < -0.3 is 4.74 Å². The second-order valence-corrected chi connectivity index (χ2v) is 7.07. The second-order valence-electron chi connectivity index (χ2n) is 6.68. The number of benzene rings is 2. The molecule has 0 radical (unpaired) electrons. The molecule has 0 saturated heterocycles. The fourth-order valence-corrected chi connectivity index (χ4v) is 3.93. The van der Waals surface area contributed by atoms with E-state index in [1.165, 1.54) is 19.3 Å². The number of ether oxygens (including phenoxy) is 1. The molecule has 5 nitrogen and oxygen atoms in total. The Hall–Kier alpha value is -2.47. The molecular weight excluding hydrogens is 344 g/mol. The number of hydrogen-bond donors (Lipinski definition) is 1. The fourth-order valence-electron chi connectivity index (χ4n) is 3.74. The van der Waals surface area contributed by atoms with Crippen LogP contribution in [0, 0.1) is 4.77 Å². The molecule has 26 heavy (non-hydrogen) atoms. The fraction of sp³-hybridized carbons (Fsp3) is 0.350. The predicted molar refractivity (Wildman–Crippen MR) is 107 cm³/mol. The molecule has 0 aliphatic heterocycles. The van der Waals surface area contributed by atoms with E-state index in [0.717, 1.165) is 40.8 Å². The maximum absolute atomic E-state index is 5.55. The van der Waals surface area contributed by atoms with Gasteiger partial charge in [-0.25, -0.2) is 0 Å². The van der Waals surface area contributed by atoms with Gasteiger partial charge in [-0.15, -0.1) is 0 Å². The maximum Gasteiger partial charge on any atom is 0.216 e. The number of nitrogens with one attached hydrogen (secondary N) is 1. The molecule has 1 heterocycles. The molecule has 1 aliphatic rings. The van der Waals surface area contributed by atoms with Gasteiger partial charge in [0.25, 0.3) is 0 Å². The molecule has 4 rings (SSSR count). The van der Waals surface area contributed by atoms with Crippen molar-refractivity contribution in [2.45, 2.75) is 38.0 Å². The molecule has 3 aromatic rings. The van der Waals surface area contributed by atoms with Crippen molar-refractivity contribution in [3.8, 4) is 5.75 Å². The summed E-state index contributed by atoms with van der Waals surface area (Å²) >= 11 is 5.41. The first-order valence-corrected chi connectivity index (χ1v) is 9.46. The molecule has 1 saturated carbocycles. The van der Waals surface area contributed by atoms with E-state index in [-0.39, 0.29) is 0 Å². The number of nitrogens with zero attached hydrogens (tertiary/aromatic N) is 3. The smallest absolute Gasteiger partial charge is 0.216 e. The van der Waals surface area contributed by atoms with Gasteiger partial charge in [0.2, 0.25) is 4.77 Å². The summed E-state index contributed by atoms with van der Waals surface area (Å²) in [5, 5.41) is 14.3. The molecule has 1 fully saturated rings. The van der Waals surface area contributed by atoms with Crippen LogP contribution in [0.5, 0.6) is 5.75 Å². The van der Waals surface area contributed by atoms with E-state index in [0.29, 0.717) is 10.7 Å². The summed E-state index contributed by atoms with van der Waals surface area (Å²) in [6.45, 7) is 0. The molecular formula is C20H22N4OS. The number of methoxy groups -OCH3 is 1. The van der Waals surface area contributed by atoms with Gasteiger partial charge in [-0.3, -0.25) is 5.10 Å². The third-order valence-electron chi connectivity index (χ3n) is 5.10. The van der Waals surface area contributed by atoms with Crippen LogP contribution in [0.15, 0.2) is 41.5 Å². The Labute approximate surface area is 157 Å². The van der Waals surface area contributed by atoms with Crippen LogP contribution in [0.2, 0.25) is 0 Å². The first-order valence-electron chi connectivity index (χ1n) is 9.05. The van der Waals surface area contributed by atoms with Gasteiger partial charge in [0.05, 0.1) is 13.3 Å². The number of hydrogen-bond acceptors (Lipinski definition) is 4. The van der Waals surface area contributed by atoms with Crippen molar-refractivity contribution in [3.05, 3.63) is 52.6 Å². The van der Waals surface area contributed by atoms with Crippen LogP contribution in [-0.2, 0) is 0 Å². The molecule has 0 spiro atoms. The Kier molecular flexibility index (Phi) is 4.84. The van der Waals surface area contributed by atoms with Crippen molar-refractivity contribution in [2.24, 2.45) is 5.10 Å². The van der Waals surface area contributed by atoms with Gasteiger partial charge in [0.1, 0.15) is 5.75 Å². The molecule has 0 amide bonds. The van der Waals surface area contributed by atoms with Gasteiger partial charge in [0.15, 0.2) is 5.82 Å². The minimum Gasteiger partial charge on any atom is -0.496 e. The van der Waals surface area contributed by atoms with E-state index in [2.05, 4.69) is 33.5 Å². The highest BCUT2D eigenvalue weighted by molar-refractivity contribution is 7.71. The highest BCUT2D eigenvalue weighted by atomic mass is 32.1. The highest BCUT2D eigenvalue weighted by Gasteiger charge is 2.21. The molecule has 0 atom stereocenters. The van der Waals surface area contributed by atoms with Crippen LogP contribution >= 0.6 is 12.2 Å². The van der Waals surface area contributed by atoms with Crippen molar-refractivity contribution in [1.29, 1.82) is 0 Å². The minimum atomic E-state index is 0.420. The number of rotatable bonds is 4. The molecule has 0 bridgehead atoms. The Morgan fingerprint density at radius 3 is 2.81 bits per heavy atom. The standard InChI is InChI=1S/C20H22N4OS/c1-25-18-12-11-14-7-5-6-10-16(14)17(18)13-21-24-19(22-23-20(24)26)15-8-3-2-4-9-15/h5-7,10-13,15H,2-4,8-9H2,1H3,(H,23,26). The topological polar surface area (TPSA) is 55.2 Å². The van der Waals surface area contributed by atoms with Crippen molar-refractivity contribution in [3.63, 3.8) is 0 Å². The Morgan fingerprint density at radius 2 is 2.00 bits per heavy atom. The van der Waals surface area contributed by atoms with Crippen LogP contribution in [0.3, 0.4) is 0 Å². The van der Waals surface area contributed by atoms with E-state index in [1.807, 2.05) is 24.4 Å². The second kappa shape index (κ2) is 7.41. The third-order valence-corrected chi connectivity index (χ3v) is 5.36. The minimum absolute atomic E-state index is 0.420. The van der Waals surface area contributed by atoms with Crippen LogP contribution in [0.4, 0.5) is 0 Å². The summed E-state index contributed by atoms with van der Waals surface area (Å²) in [5.41, 5.74) is 0.947. The van der Waals surface area contributed by atoms with Crippen molar-refractivity contribution in [2.75, 3.05) is 7.11 Å². The Bertz CT molecular complexity index is 998. The molecule has 1 N–H and O–H groups in total. The third kappa shape index (κ3) is 3.17. The van der Waals surface area contributed by atoms with E-state index in [9.17, 15) is 0 Å². The number of aromatic nitrogens is 3. The first-order chi connectivity index (χ1) is 12.8. The SMILES string of the molecule is COc1ccc2ccccc2c1C=Nn1c(C2CCCCC2)n[nH]c1=S. The summed E-state index contributed by atoms with van der Waals surface area (Å²) in [6, 6.07) is 12.3. The normalized spacial score (nSPS) is 15.7. The van der Waals surface area contributed by atoms with E-state index >= 15 is 0 Å². The molecule has 6 heteroatoms. The number of aromatic amines is 1. The lowest BCUT2D eigenvalue weighted by molar-refractivity contribution is 0.414. The number of H-pyrrole nitrogens is 1.